The van der Waals surface area contributed by atoms with E-state index < -0.39 is 5.41 Å². The Balaban J connectivity index is 1.72. The summed E-state index contributed by atoms with van der Waals surface area (Å²) in [5.41, 5.74) is 1.50. The number of aromatic amines is 1. The molecule has 1 radical (unpaired) electrons. The number of carbonyl (C=O) groups is 1. The summed E-state index contributed by atoms with van der Waals surface area (Å²) < 4.78 is 0. The Hall–Kier alpha value is -2.10. The summed E-state index contributed by atoms with van der Waals surface area (Å²) >= 11 is 0. The van der Waals surface area contributed by atoms with Gasteiger partial charge in [-0.3, -0.25) is 9.89 Å². The van der Waals surface area contributed by atoms with Crippen LogP contribution in [0.1, 0.15) is 43.9 Å². The lowest BCUT2D eigenvalue weighted by Gasteiger charge is -2.24. The van der Waals surface area contributed by atoms with E-state index in [0.717, 1.165) is 24.1 Å². The summed E-state index contributed by atoms with van der Waals surface area (Å²) in [4.78, 5) is 12.5. The first kappa shape index (κ1) is 13.9. The minimum atomic E-state index is -0.593. The molecule has 1 aliphatic rings. The van der Waals surface area contributed by atoms with Gasteiger partial charge in [-0.25, -0.2) is 0 Å². The number of benzene rings is 1. The molecule has 1 aromatic carbocycles. The van der Waals surface area contributed by atoms with Crippen molar-refractivity contribution in [2.45, 2.75) is 38.0 Å². The van der Waals surface area contributed by atoms with Crippen LogP contribution in [0.25, 0.3) is 0 Å². The molecule has 2 N–H and O–H groups in total. The molecule has 1 fully saturated rings. The molecular formula is C17H20N3O. The molecule has 2 aromatic rings. The molecule has 109 valence electrons. The van der Waals surface area contributed by atoms with Crippen molar-refractivity contribution in [3.63, 3.8) is 0 Å². The van der Waals surface area contributed by atoms with E-state index in [1.165, 1.54) is 0 Å². The van der Waals surface area contributed by atoms with Crippen molar-refractivity contribution in [2.24, 2.45) is 0 Å². The standard InChI is InChI=1S/C17H20N3O/c1-17(2,13-9-4-3-5-10-13)16(21)18-15-11-14(19-20-15)12-7-6-8-12/h3-6,9-12H,7-8H2,1-2H3,(H2,18,19,20,21). The number of hydrogen-bond acceptors (Lipinski definition) is 2. The average molecular weight is 282 g/mol. The highest BCUT2D eigenvalue weighted by Gasteiger charge is 2.30. The van der Waals surface area contributed by atoms with Gasteiger partial charge in [-0.2, -0.15) is 5.10 Å². The van der Waals surface area contributed by atoms with Gasteiger partial charge in [0, 0.05) is 17.7 Å². The van der Waals surface area contributed by atoms with Gasteiger partial charge in [-0.1, -0.05) is 30.3 Å². The number of amides is 1. The molecule has 0 spiro atoms. The minimum Gasteiger partial charge on any atom is -0.308 e. The number of nitrogens with zero attached hydrogens (tertiary/aromatic N) is 1. The van der Waals surface area contributed by atoms with Gasteiger partial charge in [0.25, 0.3) is 0 Å². The van der Waals surface area contributed by atoms with Gasteiger partial charge < -0.3 is 5.32 Å². The molecule has 1 saturated carbocycles. The second-order valence-electron chi connectivity index (χ2n) is 6.11. The van der Waals surface area contributed by atoms with Crippen LogP contribution in [0.5, 0.6) is 0 Å². The van der Waals surface area contributed by atoms with Gasteiger partial charge >= 0.3 is 0 Å². The number of anilines is 1. The van der Waals surface area contributed by atoms with Crippen molar-refractivity contribution in [3.8, 4) is 0 Å². The van der Waals surface area contributed by atoms with Gasteiger partial charge in [-0.05, 0) is 38.7 Å². The predicted molar refractivity (Wildman–Crippen MR) is 83.0 cm³/mol. The summed E-state index contributed by atoms with van der Waals surface area (Å²) in [7, 11) is 0. The third-order valence-electron chi connectivity index (χ3n) is 4.24. The zero-order valence-electron chi connectivity index (χ0n) is 12.4. The summed E-state index contributed by atoms with van der Waals surface area (Å²) in [5, 5.41) is 10.1. The molecule has 3 rings (SSSR count). The van der Waals surface area contributed by atoms with Crippen LogP contribution in [0, 0.1) is 6.42 Å². The van der Waals surface area contributed by atoms with Crippen LogP contribution in [0.3, 0.4) is 0 Å². The van der Waals surface area contributed by atoms with E-state index in [9.17, 15) is 4.79 Å². The van der Waals surface area contributed by atoms with Crippen LogP contribution in [-0.2, 0) is 10.2 Å². The van der Waals surface area contributed by atoms with Crippen molar-refractivity contribution in [2.75, 3.05) is 5.32 Å². The molecule has 1 heterocycles. The highest BCUT2D eigenvalue weighted by Crippen LogP contribution is 2.35. The Morgan fingerprint density at radius 2 is 2.00 bits per heavy atom. The van der Waals surface area contributed by atoms with Gasteiger partial charge in [0.2, 0.25) is 5.91 Å². The molecule has 1 aromatic heterocycles. The van der Waals surface area contributed by atoms with E-state index in [-0.39, 0.29) is 5.91 Å². The second-order valence-corrected chi connectivity index (χ2v) is 6.11. The number of hydrogen-bond donors (Lipinski definition) is 2. The van der Waals surface area contributed by atoms with E-state index in [1.54, 1.807) is 0 Å². The van der Waals surface area contributed by atoms with Gasteiger partial charge in [0.1, 0.15) is 0 Å². The normalized spacial score (nSPS) is 15.5. The number of carbonyl (C=O) groups excluding carboxylic acids is 1. The summed E-state index contributed by atoms with van der Waals surface area (Å²) in [6.45, 7) is 3.85. The van der Waals surface area contributed by atoms with Crippen molar-refractivity contribution >= 4 is 11.7 Å². The van der Waals surface area contributed by atoms with Crippen molar-refractivity contribution < 1.29 is 4.79 Å². The number of nitrogens with one attached hydrogen (secondary N) is 2. The lowest BCUT2D eigenvalue weighted by Crippen LogP contribution is -2.34. The van der Waals surface area contributed by atoms with Crippen LogP contribution in [0.15, 0.2) is 36.4 Å². The van der Waals surface area contributed by atoms with Gasteiger partial charge in [-0.15, -0.1) is 0 Å². The lowest BCUT2D eigenvalue weighted by molar-refractivity contribution is -0.120. The Morgan fingerprint density at radius 3 is 2.62 bits per heavy atom. The Morgan fingerprint density at radius 1 is 1.29 bits per heavy atom. The Bertz CT molecular complexity index is 626. The van der Waals surface area contributed by atoms with Gasteiger partial charge in [0.15, 0.2) is 5.82 Å². The summed E-state index contributed by atoms with van der Waals surface area (Å²) in [5.74, 6) is 1.09. The Labute approximate surface area is 125 Å². The molecule has 1 amide bonds. The highest BCUT2D eigenvalue weighted by atomic mass is 16.2. The van der Waals surface area contributed by atoms with E-state index in [1.807, 2.05) is 50.2 Å². The molecule has 1 aliphatic carbocycles. The maximum atomic E-state index is 12.5. The van der Waals surface area contributed by atoms with E-state index in [0.29, 0.717) is 11.7 Å². The van der Waals surface area contributed by atoms with Crippen molar-refractivity contribution in [1.82, 2.24) is 10.2 Å². The van der Waals surface area contributed by atoms with Crippen LogP contribution in [0.2, 0.25) is 0 Å². The molecule has 4 heteroatoms. The maximum absolute atomic E-state index is 12.5. The first-order chi connectivity index (χ1) is 10.1. The number of H-pyrrole nitrogens is 1. The largest absolute Gasteiger partial charge is 0.308 e. The first-order valence-corrected chi connectivity index (χ1v) is 7.31. The van der Waals surface area contributed by atoms with Crippen LogP contribution in [-0.4, -0.2) is 16.1 Å². The van der Waals surface area contributed by atoms with Crippen LogP contribution >= 0.6 is 0 Å². The first-order valence-electron chi connectivity index (χ1n) is 7.31. The molecule has 0 atom stereocenters. The molecule has 4 nitrogen and oxygen atoms in total. The maximum Gasteiger partial charge on any atom is 0.235 e. The molecule has 0 saturated heterocycles. The second kappa shape index (κ2) is 5.35. The minimum absolute atomic E-state index is 0.0491. The third kappa shape index (κ3) is 2.71. The van der Waals surface area contributed by atoms with Crippen LogP contribution < -0.4 is 5.32 Å². The quantitative estimate of drug-likeness (QED) is 0.903. The predicted octanol–water partition coefficient (Wildman–Crippen LogP) is 3.41. The molecular weight excluding hydrogens is 262 g/mol. The smallest absolute Gasteiger partial charge is 0.235 e. The topological polar surface area (TPSA) is 57.8 Å². The molecule has 0 bridgehead atoms. The van der Waals surface area contributed by atoms with E-state index in [2.05, 4.69) is 21.9 Å². The fraction of sp³-hybridized carbons (Fsp3) is 0.353. The van der Waals surface area contributed by atoms with Crippen LogP contribution in [0.4, 0.5) is 5.82 Å². The fourth-order valence-corrected chi connectivity index (χ4v) is 2.46. The van der Waals surface area contributed by atoms with Crippen molar-refractivity contribution in [3.05, 3.63) is 54.1 Å². The highest BCUT2D eigenvalue weighted by molar-refractivity contribution is 5.97. The molecule has 0 unspecified atom stereocenters. The van der Waals surface area contributed by atoms with Gasteiger partial charge in [0.05, 0.1) is 5.41 Å². The Kier molecular flexibility index (Phi) is 3.53. The SMILES string of the molecule is CC(C)(C(=O)Nc1cc(C2C[CH]C2)[nH]n1)c1ccccc1. The fourth-order valence-electron chi connectivity index (χ4n) is 2.46. The molecule has 0 aliphatic heterocycles. The average Bonchev–Trinajstić information content (AvgIpc) is 2.85. The third-order valence-corrected chi connectivity index (χ3v) is 4.24. The summed E-state index contributed by atoms with van der Waals surface area (Å²) in [6.07, 6.45) is 4.43. The zero-order valence-corrected chi connectivity index (χ0v) is 12.4. The van der Waals surface area contributed by atoms with Crippen molar-refractivity contribution in [1.29, 1.82) is 0 Å². The molecule has 21 heavy (non-hydrogen) atoms. The van der Waals surface area contributed by atoms with E-state index in [4.69, 9.17) is 0 Å². The summed E-state index contributed by atoms with van der Waals surface area (Å²) in [6, 6.07) is 11.7. The lowest BCUT2D eigenvalue weighted by atomic mass is 9.83. The number of rotatable bonds is 4. The van der Waals surface area contributed by atoms with E-state index >= 15 is 0 Å². The number of aromatic nitrogens is 2. The monoisotopic (exact) mass is 282 g/mol. The zero-order chi connectivity index (χ0) is 14.9.